The summed E-state index contributed by atoms with van der Waals surface area (Å²) in [5.74, 6) is -0.729. The number of ether oxygens (including phenoxy) is 1. The fraction of sp³-hybridized carbons (Fsp3) is 0.0800. The summed E-state index contributed by atoms with van der Waals surface area (Å²) in [4.78, 5) is 38.9. The summed E-state index contributed by atoms with van der Waals surface area (Å²) < 4.78 is 6.69. The van der Waals surface area contributed by atoms with E-state index in [1.54, 1.807) is 55.5 Å². The molecule has 0 saturated carbocycles. The van der Waals surface area contributed by atoms with Gasteiger partial charge in [-0.25, -0.2) is 9.69 Å². The Morgan fingerprint density at radius 1 is 1.03 bits per heavy atom. The molecule has 0 aromatic heterocycles. The molecular weight excluding hydrogens is 555 g/mol. The number of benzene rings is 3. The summed E-state index contributed by atoms with van der Waals surface area (Å²) in [6.07, 6.45) is 1.47. The second-order valence-corrected chi connectivity index (χ2v) is 8.95. The molecule has 1 aliphatic rings. The molecule has 1 aliphatic heterocycles. The third-order valence-corrected chi connectivity index (χ3v) is 6.13. The van der Waals surface area contributed by atoms with Gasteiger partial charge in [-0.3, -0.25) is 14.9 Å². The van der Waals surface area contributed by atoms with Crippen molar-refractivity contribution in [3.8, 4) is 5.75 Å². The van der Waals surface area contributed by atoms with Crippen LogP contribution in [0, 0.1) is 10.5 Å². The van der Waals surface area contributed by atoms with Gasteiger partial charge in [0.05, 0.1) is 9.26 Å². The lowest BCUT2D eigenvalue weighted by molar-refractivity contribution is -0.122. The minimum Gasteiger partial charge on any atom is -0.488 e. The number of urea groups is 1. The molecule has 1 heterocycles. The molecule has 1 N–H and O–H groups in total. The van der Waals surface area contributed by atoms with Crippen molar-refractivity contribution >= 4 is 63.8 Å². The largest absolute Gasteiger partial charge is 0.488 e. The third kappa shape index (κ3) is 5.09. The van der Waals surface area contributed by atoms with Crippen LogP contribution >= 0.6 is 34.2 Å². The average Bonchev–Trinajstić information content (AvgIpc) is 2.78. The van der Waals surface area contributed by atoms with Gasteiger partial charge < -0.3 is 4.74 Å². The number of hydrogen-bond donors (Lipinski definition) is 1. The number of rotatable bonds is 5. The number of carbonyl (C=O) groups excluding carboxylic acids is 3. The van der Waals surface area contributed by atoms with Gasteiger partial charge in [0.15, 0.2) is 0 Å². The number of imide groups is 2. The molecule has 33 heavy (non-hydrogen) atoms. The van der Waals surface area contributed by atoms with Crippen LogP contribution in [0.1, 0.15) is 16.7 Å². The first kappa shape index (κ1) is 23.0. The van der Waals surface area contributed by atoms with Crippen molar-refractivity contribution in [2.75, 3.05) is 4.90 Å². The lowest BCUT2D eigenvalue weighted by atomic mass is 10.1. The average molecular weight is 573 g/mol. The van der Waals surface area contributed by atoms with Crippen molar-refractivity contribution in [3.63, 3.8) is 0 Å². The maximum atomic E-state index is 13.1. The van der Waals surface area contributed by atoms with Gasteiger partial charge in [-0.05, 0) is 82.6 Å². The first-order chi connectivity index (χ1) is 15.8. The molecule has 3 aromatic rings. The Hall–Kier alpha value is -3.17. The standard InChI is InChI=1S/C25H18ClIN2O4/c1-15-4-2-3-5-21(15)29-24(31)19(23(30)28-25(29)32)12-17-8-11-22(20(27)13-17)33-14-16-6-9-18(26)10-7-16/h2-13H,14H2,1H3,(H,28,30,32)/b19-12+. The van der Waals surface area contributed by atoms with E-state index in [4.69, 9.17) is 16.3 Å². The van der Waals surface area contributed by atoms with Crippen LogP contribution in [0.4, 0.5) is 10.5 Å². The van der Waals surface area contributed by atoms with E-state index in [2.05, 4.69) is 27.9 Å². The zero-order valence-corrected chi connectivity index (χ0v) is 20.4. The zero-order chi connectivity index (χ0) is 23.5. The van der Waals surface area contributed by atoms with Gasteiger partial charge in [0, 0.05) is 5.02 Å². The Morgan fingerprint density at radius 3 is 2.45 bits per heavy atom. The molecule has 1 fully saturated rings. The number of anilines is 1. The molecule has 0 unspecified atom stereocenters. The number of aryl methyl sites for hydroxylation is 1. The summed E-state index contributed by atoms with van der Waals surface area (Å²) in [5, 5.41) is 2.91. The number of barbiturate groups is 1. The van der Waals surface area contributed by atoms with Crippen molar-refractivity contribution in [2.45, 2.75) is 13.5 Å². The van der Waals surface area contributed by atoms with Gasteiger partial charge in [-0.15, -0.1) is 0 Å². The van der Waals surface area contributed by atoms with Crippen molar-refractivity contribution in [3.05, 3.63) is 97.6 Å². The van der Waals surface area contributed by atoms with Crippen LogP contribution in [0.25, 0.3) is 6.08 Å². The predicted octanol–water partition coefficient (Wildman–Crippen LogP) is 5.50. The van der Waals surface area contributed by atoms with E-state index in [0.29, 0.717) is 28.6 Å². The summed E-state index contributed by atoms with van der Waals surface area (Å²) in [5.41, 5.74) is 2.66. The van der Waals surface area contributed by atoms with Crippen LogP contribution in [-0.2, 0) is 16.2 Å². The van der Waals surface area contributed by atoms with Crippen molar-refractivity contribution in [2.24, 2.45) is 0 Å². The number of halogens is 2. The van der Waals surface area contributed by atoms with Crippen LogP contribution in [0.2, 0.25) is 5.02 Å². The second-order valence-electron chi connectivity index (χ2n) is 7.35. The molecule has 3 aromatic carbocycles. The Bertz CT molecular complexity index is 1290. The fourth-order valence-corrected chi connectivity index (χ4v) is 4.14. The van der Waals surface area contributed by atoms with E-state index in [-0.39, 0.29) is 5.57 Å². The van der Waals surface area contributed by atoms with Gasteiger partial charge in [0.25, 0.3) is 11.8 Å². The Kier molecular flexibility index (Phi) is 6.80. The Morgan fingerprint density at radius 2 is 1.76 bits per heavy atom. The molecule has 8 heteroatoms. The molecule has 4 rings (SSSR count). The van der Waals surface area contributed by atoms with Crippen molar-refractivity contribution in [1.29, 1.82) is 0 Å². The molecular formula is C25H18ClIN2O4. The third-order valence-electron chi connectivity index (χ3n) is 5.03. The predicted molar refractivity (Wildman–Crippen MR) is 135 cm³/mol. The molecule has 4 amide bonds. The lowest BCUT2D eigenvalue weighted by Gasteiger charge is -2.27. The number of carbonyl (C=O) groups is 3. The number of hydrogen-bond acceptors (Lipinski definition) is 4. The first-order valence-electron chi connectivity index (χ1n) is 9.97. The first-order valence-corrected chi connectivity index (χ1v) is 11.4. The van der Waals surface area contributed by atoms with Crippen molar-refractivity contribution in [1.82, 2.24) is 5.32 Å². The van der Waals surface area contributed by atoms with Crippen LogP contribution in [0.3, 0.4) is 0 Å². The van der Waals surface area contributed by atoms with E-state index in [9.17, 15) is 14.4 Å². The maximum Gasteiger partial charge on any atom is 0.335 e. The highest BCUT2D eigenvalue weighted by atomic mass is 127. The molecule has 166 valence electrons. The van der Waals surface area contributed by atoms with Crippen LogP contribution in [-0.4, -0.2) is 17.8 Å². The summed E-state index contributed by atoms with van der Waals surface area (Å²) in [7, 11) is 0. The highest BCUT2D eigenvalue weighted by molar-refractivity contribution is 14.1. The van der Waals surface area contributed by atoms with Crippen LogP contribution in [0.5, 0.6) is 5.75 Å². The molecule has 0 spiro atoms. The summed E-state index contributed by atoms with van der Waals surface area (Å²) >= 11 is 8.04. The summed E-state index contributed by atoms with van der Waals surface area (Å²) in [6, 6.07) is 19.0. The minimum atomic E-state index is -0.767. The molecule has 0 atom stereocenters. The number of para-hydroxylation sites is 1. The van der Waals surface area contributed by atoms with E-state index in [1.165, 1.54) is 6.08 Å². The van der Waals surface area contributed by atoms with Crippen LogP contribution < -0.4 is 15.0 Å². The lowest BCUT2D eigenvalue weighted by Crippen LogP contribution is -2.54. The van der Waals surface area contributed by atoms with Gasteiger partial charge in [-0.1, -0.05) is 48.0 Å². The number of nitrogens with one attached hydrogen (secondary N) is 1. The van der Waals surface area contributed by atoms with E-state index in [0.717, 1.165) is 19.6 Å². The Balaban J connectivity index is 1.57. The van der Waals surface area contributed by atoms with Crippen LogP contribution in [0.15, 0.2) is 72.3 Å². The quantitative estimate of drug-likeness (QED) is 0.249. The van der Waals surface area contributed by atoms with Gasteiger partial charge in [-0.2, -0.15) is 0 Å². The minimum absolute atomic E-state index is 0.122. The zero-order valence-electron chi connectivity index (χ0n) is 17.5. The molecule has 1 saturated heterocycles. The topological polar surface area (TPSA) is 75.7 Å². The monoisotopic (exact) mass is 572 g/mol. The summed E-state index contributed by atoms with van der Waals surface area (Å²) in [6.45, 7) is 2.17. The highest BCUT2D eigenvalue weighted by Gasteiger charge is 2.37. The Labute approximate surface area is 209 Å². The molecule has 6 nitrogen and oxygen atoms in total. The smallest absolute Gasteiger partial charge is 0.335 e. The number of amides is 4. The molecule has 0 aliphatic carbocycles. The van der Waals surface area contributed by atoms with Gasteiger partial charge in [0.2, 0.25) is 0 Å². The van der Waals surface area contributed by atoms with Gasteiger partial charge >= 0.3 is 6.03 Å². The van der Waals surface area contributed by atoms with Gasteiger partial charge in [0.1, 0.15) is 17.9 Å². The maximum absolute atomic E-state index is 13.1. The SMILES string of the molecule is Cc1ccccc1N1C(=O)NC(=O)/C(=C\c2ccc(OCc3ccc(Cl)cc3)c(I)c2)C1=O. The van der Waals surface area contributed by atoms with Crippen molar-refractivity contribution < 1.29 is 19.1 Å². The molecule has 0 bridgehead atoms. The van der Waals surface area contributed by atoms with E-state index < -0.39 is 17.8 Å². The fourth-order valence-electron chi connectivity index (χ4n) is 3.32. The van der Waals surface area contributed by atoms with E-state index >= 15 is 0 Å². The second kappa shape index (κ2) is 9.76. The van der Waals surface area contributed by atoms with E-state index in [1.807, 2.05) is 18.2 Å². The highest BCUT2D eigenvalue weighted by Crippen LogP contribution is 2.27. The molecule has 0 radical (unpaired) electrons. The normalized spacial score (nSPS) is 15.1. The number of nitrogens with zero attached hydrogens (tertiary/aromatic N) is 1.